The lowest BCUT2D eigenvalue weighted by molar-refractivity contribution is -0.116. The SMILES string of the molecule is C=N/C(C(N)=O)=C(/NC(=O)C1=CCC(OCc2ccccc2)C=C1)Sc1ccc(OC)cc1.CN. The Morgan fingerprint density at radius 3 is 2.37 bits per heavy atom. The van der Waals surface area contributed by atoms with E-state index in [1.54, 1.807) is 43.5 Å². The van der Waals surface area contributed by atoms with Crippen LogP contribution < -0.4 is 21.5 Å². The van der Waals surface area contributed by atoms with Crippen LogP contribution >= 0.6 is 11.8 Å². The zero-order valence-corrected chi connectivity index (χ0v) is 20.6. The molecular weight excluding hydrogens is 464 g/mol. The van der Waals surface area contributed by atoms with E-state index in [9.17, 15) is 9.59 Å². The second-order valence-electron chi connectivity index (χ2n) is 7.02. The molecule has 2 aromatic rings. The lowest BCUT2D eigenvalue weighted by Gasteiger charge is -2.18. The fourth-order valence-electron chi connectivity index (χ4n) is 3.00. The summed E-state index contributed by atoms with van der Waals surface area (Å²) < 4.78 is 11.0. The molecule has 8 nitrogen and oxygen atoms in total. The molecule has 0 saturated carbocycles. The number of carbonyl (C=O) groups is 2. The van der Waals surface area contributed by atoms with Crippen LogP contribution in [0.1, 0.15) is 12.0 Å². The number of rotatable bonds is 10. The van der Waals surface area contributed by atoms with Gasteiger partial charge in [0.2, 0.25) is 0 Å². The van der Waals surface area contributed by atoms with Crippen molar-refractivity contribution in [2.45, 2.75) is 24.0 Å². The summed E-state index contributed by atoms with van der Waals surface area (Å²) in [5.41, 5.74) is 11.4. The summed E-state index contributed by atoms with van der Waals surface area (Å²) in [5.74, 6) is -0.484. The number of benzene rings is 2. The van der Waals surface area contributed by atoms with Crippen LogP contribution in [-0.4, -0.2) is 38.8 Å². The average Bonchev–Trinajstić information content (AvgIpc) is 2.90. The van der Waals surface area contributed by atoms with E-state index in [1.807, 2.05) is 36.4 Å². The van der Waals surface area contributed by atoms with E-state index in [1.165, 1.54) is 7.05 Å². The minimum absolute atomic E-state index is 0.117. The van der Waals surface area contributed by atoms with Crippen LogP contribution in [0.25, 0.3) is 0 Å². The molecule has 0 heterocycles. The first-order valence-electron chi connectivity index (χ1n) is 10.8. The summed E-state index contributed by atoms with van der Waals surface area (Å²) in [5, 5.41) is 2.94. The van der Waals surface area contributed by atoms with Crippen molar-refractivity contribution < 1.29 is 19.1 Å². The van der Waals surface area contributed by atoms with Gasteiger partial charge in [-0.2, -0.15) is 0 Å². The minimum atomic E-state index is -0.788. The highest BCUT2D eigenvalue weighted by Crippen LogP contribution is 2.29. The number of amides is 2. The van der Waals surface area contributed by atoms with Crippen molar-refractivity contribution >= 4 is 30.3 Å². The van der Waals surface area contributed by atoms with Crippen LogP contribution in [0.3, 0.4) is 0 Å². The number of hydrogen-bond acceptors (Lipinski definition) is 7. The Morgan fingerprint density at radius 2 is 1.83 bits per heavy atom. The van der Waals surface area contributed by atoms with Gasteiger partial charge in [0, 0.05) is 10.5 Å². The molecular formula is C26H30N4O4S. The summed E-state index contributed by atoms with van der Waals surface area (Å²) in [6.45, 7) is 3.90. The molecule has 2 aromatic carbocycles. The highest BCUT2D eigenvalue weighted by Gasteiger charge is 2.19. The van der Waals surface area contributed by atoms with Crippen LogP contribution in [0.4, 0.5) is 0 Å². The molecule has 35 heavy (non-hydrogen) atoms. The van der Waals surface area contributed by atoms with Crippen molar-refractivity contribution in [3.8, 4) is 5.75 Å². The van der Waals surface area contributed by atoms with Gasteiger partial charge in [0.15, 0.2) is 5.70 Å². The second-order valence-corrected chi connectivity index (χ2v) is 8.10. The van der Waals surface area contributed by atoms with Crippen LogP contribution in [0, 0.1) is 0 Å². The van der Waals surface area contributed by atoms with Gasteiger partial charge < -0.3 is 26.3 Å². The molecule has 2 amide bonds. The summed E-state index contributed by atoms with van der Waals surface area (Å²) in [6.07, 6.45) is 5.78. The number of methoxy groups -OCH3 is 1. The maximum atomic E-state index is 12.9. The maximum Gasteiger partial charge on any atom is 0.270 e. The van der Waals surface area contributed by atoms with Gasteiger partial charge in [-0.3, -0.25) is 14.6 Å². The number of nitrogens with two attached hydrogens (primary N) is 2. The molecule has 9 heteroatoms. The van der Waals surface area contributed by atoms with Crippen molar-refractivity contribution in [2.75, 3.05) is 14.2 Å². The predicted octanol–water partition coefficient (Wildman–Crippen LogP) is 3.31. The quantitative estimate of drug-likeness (QED) is 0.264. The summed E-state index contributed by atoms with van der Waals surface area (Å²) in [6, 6.07) is 17.0. The third kappa shape index (κ3) is 8.56. The highest BCUT2D eigenvalue weighted by atomic mass is 32.2. The van der Waals surface area contributed by atoms with E-state index < -0.39 is 5.91 Å². The number of aliphatic imine (C=N–C) groups is 1. The van der Waals surface area contributed by atoms with Gasteiger partial charge in [0.25, 0.3) is 11.8 Å². The van der Waals surface area contributed by atoms with E-state index in [2.05, 4.69) is 22.8 Å². The number of ether oxygens (including phenoxy) is 2. The topological polar surface area (TPSA) is 129 Å². The van der Waals surface area contributed by atoms with Gasteiger partial charge in [0.1, 0.15) is 10.8 Å². The van der Waals surface area contributed by atoms with Crippen LogP contribution in [0.15, 0.2) is 99.0 Å². The van der Waals surface area contributed by atoms with Gasteiger partial charge in [-0.1, -0.05) is 60.3 Å². The summed E-state index contributed by atoms with van der Waals surface area (Å²) >= 11 is 1.15. The van der Waals surface area contributed by atoms with Gasteiger partial charge in [-0.25, -0.2) is 0 Å². The molecule has 0 aromatic heterocycles. The van der Waals surface area contributed by atoms with E-state index >= 15 is 0 Å². The van der Waals surface area contributed by atoms with Crippen LogP contribution in [0.2, 0.25) is 0 Å². The first-order valence-corrected chi connectivity index (χ1v) is 11.6. The number of hydrogen-bond donors (Lipinski definition) is 3. The Balaban J connectivity index is 0.00000210. The molecule has 1 aliphatic rings. The standard InChI is InChI=1S/C25H25N3O4S.CH5N/c1-27-22(23(26)29)25(33-21-14-12-19(31-2)13-15-21)28-24(30)18-8-10-20(11-9-18)32-16-17-6-4-3-5-7-17;1-2/h3-10,12-15,20H,1,11,16H2,2H3,(H2,26,29)(H,28,30);2H2,1H3/b25-22-;. The molecule has 0 aliphatic heterocycles. The molecule has 0 fully saturated rings. The number of primary amides is 1. The van der Waals surface area contributed by atoms with Crippen LogP contribution in [0.5, 0.6) is 5.75 Å². The molecule has 0 bridgehead atoms. The lowest BCUT2D eigenvalue weighted by Crippen LogP contribution is -2.27. The zero-order chi connectivity index (χ0) is 25.6. The Morgan fingerprint density at radius 1 is 1.14 bits per heavy atom. The Kier molecular flexibility index (Phi) is 11.5. The second kappa shape index (κ2) is 14.6. The summed E-state index contributed by atoms with van der Waals surface area (Å²) in [7, 11) is 3.07. The average molecular weight is 495 g/mol. The van der Waals surface area contributed by atoms with Crippen molar-refractivity contribution in [1.29, 1.82) is 0 Å². The summed E-state index contributed by atoms with van der Waals surface area (Å²) in [4.78, 5) is 29.2. The normalized spacial score (nSPS) is 15.1. The fourth-order valence-corrected chi connectivity index (χ4v) is 3.92. The van der Waals surface area contributed by atoms with Crippen molar-refractivity contribution in [2.24, 2.45) is 16.5 Å². The van der Waals surface area contributed by atoms with E-state index in [4.69, 9.17) is 15.2 Å². The van der Waals surface area contributed by atoms with Gasteiger partial charge in [0.05, 0.1) is 19.8 Å². The molecule has 3 rings (SSSR count). The first kappa shape index (κ1) is 27.6. The molecule has 0 radical (unpaired) electrons. The Labute approximate surface area is 209 Å². The van der Waals surface area contributed by atoms with Gasteiger partial charge in [-0.05, 0) is 50.0 Å². The number of carbonyl (C=O) groups excluding carboxylic acids is 2. The minimum Gasteiger partial charge on any atom is -0.497 e. The maximum absolute atomic E-state index is 12.9. The van der Waals surface area contributed by atoms with E-state index in [0.717, 1.165) is 22.2 Å². The smallest absolute Gasteiger partial charge is 0.270 e. The molecule has 5 N–H and O–H groups in total. The third-order valence-corrected chi connectivity index (χ3v) is 5.75. The van der Waals surface area contributed by atoms with Gasteiger partial charge in [-0.15, -0.1) is 0 Å². The van der Waals surface area contributed by atoms with Crippen LogP contribution in [-0.2, 0) is 20.9 Å². The highest BCUT2D eigenvalue weighted by molar-refractivity contribution is 8.03. The van der Waals surface area contributed by atoms with E-state index in [0.29, 0.717) is 24.4 Å². The number of nitrogens with zero attached hydrogens (tertiary/aromatic N) is 1. The Hall–Kier alpha value is -3.66. The lowest BCUT2D eigenvalue weighted by atomic mass is 10.0. The van der Waals surface area contributed by atoms with Gasteiger partial charge >= 0.3 is 0 Å². The largest absolute Gasteiger partial charge is 0.497 e. The van der Waals surface area contributed by atoms with E-state index in [-0.39, 0.29) is 22.7 Å². The predicted molar refractivity (Wildman–Crippen MR) is 140 cm³/mol. The van der Waals surface area contributed by atoms with Crippen molar-refractivity contribution in [1.82, 2.24) is 5.32 Å². The molecule has 0 saturated heterocycles. The molecule has 184 valence electrons. The molecule has 0 spiro atoms. The first-order chi connectivity index (χ1) is 17.0. The Bertz CT molecular complexity index is 1100. The fraction of sp³-hybridized carbons (Fsp3) is 0.192. The third-order valence-electron chi connectivity index (χ3n) is 4.74. The number of thioether (sulfide) groups is 1. The molecule has 1 aliphatic carbocycles. The number of nitrogens with one attached hydrogen (secondary N) is 1. The van der Waals surface area contributed by atoms with Crippen molar-refractivity contribution in [3.63, 3.8) is 0 Å². The zero-order valence-electron chi connectivity index (χ0n) is 19.8. The van der Waals surface area contributed by atoms with Crippen molar-refractivity contribution in [3.05, 3.63) is 94.7 Å². The molecule has 1 unspecified atom stereocenters. The monoisotopic (exact) mass is 494 g/mol. The molecule has 1 atom stereocenters.